The van der Waals surface area contributed by atoms with Crippen molar-refractivity contribution in [3.63, 3.8) is 0 Å². The van der Waals surface area contributed by atoms with Gasteiger partial charge in [0.05, 0.1) is 19.8 Å². The Hall–Kier alpha value is -0.940. The summed E-state index contributed by atoms with van der Waals surface area (Å²) in [7, 11) is 0. The summed E-state index contributed by atoms with van der Waals surface area (Å²) in [5.41, 5.74) is -1.80. The number of carbonyl (C=O) groups is 2. The van der Waals surface area contributed by atoms with Crippen LogP contribution in [0.15, 0.2) is 0 Å². The Balaban J connectivity index is 4.47. The third-order valence-electron chi connectivity index (χ3n) is 1.47. The third kappa shape index (κ3) is 2.02. The van der Waals surface area contributed by atoms with Gasteiger partial charge in [0, 0.05) is 0 Å². The molecule has 0 saturated carbocycles. The number of rotatable bonds is 5. The van der Waals surface area contributed by atoms with E-state index in [0.717, 1.165) is 0 Å². The van der Waals surface area contributed by atoms with Gasteiger partial charge in [0.2, 0.25) is 0 Å². The first-order chi connectivity index (χ1) is 5.66. The third-order valence-corrected chi connectivity index (χ3v) is 1.47. The number of hydrogen-bond donors (Lipinski definition) is 2. The van der Waals surface area contributed by atoms with Crippen molar-refractivity contribution in [3.8, 4) is 0 Å². The van der Waals surface area contributed by atoms with Crippen LogP contribution < -0.4 is 0 Å². The lowest BCUT2D eigenvalue weighted by atomic mass is 9.92. The summed E-state index contributed by atoms with van der Waals surface area (Å²) < 4.78 is 4.49. The molecule has 0 aromatic heterocycles. The standard InChI is InChI=1S/C7H12O5/c1-2-12-6(11)7(3-8,4-9)5-10/h3,9-10H,2,4-5H2,1H3. The van der Waals surface area contributed by atoms with Gasteiger partial charge in [-0.15, -0.1) is 0 Å². The predicted octanol–water partition coefficient (Wildman–Crippen LogP) is -1.28. The fraction of sp³-hybridized carbons (Fsp3) is 0.714. The molecule has 0 aliphatic heterocycles. The maximum Gasteiger partial charge on any atom is 0.324 e. The average molecular weight is 176 g/mol. The molecule has 12 heavy (non-hydrogen) atoms. The van der Waals surface area contributed by atoms with Gasteiger partial charge in [0.25, 0.3) is 0 Å². The van der Waals surface area contributed by atoms with Crippen molar-refractivity contribution in [2.24, 2.45) is 5.41 Å². The molecule has 0 amide bonds. The van der Waals surface area contributed by atoms with Gasteiger partial charge in [-0.05, 0) is 6.92 Å². The van der Waals surface area contributed by atoms with Gasteiger partial charge in [0.1, 0.15) is 6.29 Å². The number of esters is 1. The van der Waals surface area contributed by atoms with E-state index in [0.29, 0.717) is 0 Å². The zero-order valence-corrected chi connectivity index (χ0v) is 6.82. The van der Waals surface area contributed by atoms with Gasteiger partial charge in [-0.25, -0.2) is 0 Å². The highest BCUT2D eigenvalue weighted by atomic mass is 16.5. The summed E-state index contributed by atoms with van der Waals surface area (Å²) in [4.78, 5) is 21.4. The first-order valence-electron chi connectivity index (χ1n) is 3.52. The van der Waals surface area contributed by atoms with Crippen LogP contribution in [-0.4, -0.2) is 42.3 Å². The van der Waals surface area contributed by atoms with E-state index < -0.39 is 24.6 Å². The van der Waals surface area contributed by atoms with Gasteiger partial charge in [-0.3, -0.25) is 4.79 Å². The lowest BCUT2D eigenvalue weighted by molar-refractivity contribution is -0.162. The summed E-state index contributed by atoms with van der Waals surface area (Å²) in [6.45, 7) is 0.189. The normalized spacial score (nSPS) is 10.9. The molecule has 5 heteroatoms. The second-order valence-corrected chi connectivity index (χ2v) is 2.31. The van der Waals surface area contributed by atoms with Crippen molar-refractivity contribution < 1.29 is 24.5 Å². The zero-order valence-electron chi connectivity index (χ0n) is 6.82. The molecule has 70 valence electrons. The molecule has 0 aromatic carbocycles. The summed E-state index contributed by atoms with van der Waals surface area (Å²) in [6.07, 6.45) is 0.199. The molecule has 0 aliphatic carbocycles. The lowest BCUT2D eigenvalue weighted by Gasteiger charge is -2.19. The van der Waals surface area contributed by atoms with E-state index in [4.69, 9.17) is 10.2 Å². The molecule has 0 bridgehead atoms. The van der Waals surface area contributed by atoms with Crippen molar-refractivity contribution in [1.29, 1.82) is 0 Å². The van der Waals surface area contributed by atoms with Crippen LogP contribution in [0.4, 0.5) is 0 Å². The number of aliphatic hydroxyl groups is 2. The SMILES string of the molecule is CCOC(=O)C(C=O)(CO)CO. The van der Waals surface area contributed by atoms with Gasteiger partial charge in [-0.2, -0.15) is 0 Å². The van der Waals surface area contributed by atoms with Gasteiger partial charge in [-0.1, -0.05) is 0 Å². The van der Waals surface area contributed by atoms with E-state index in [1.165, 1.54) is 0 Å². The number of ether oxygens (including phenoxy) is 1. The number of aldehydes is 1. The van der Waals surface area contributed by atoms with Gasteiger partial charge < -0.3 is 19.7 Å². The smallest absolute Gasteiger partial charge is 0.324 e. The Labute approximate surface area is 70.0 Å². The minimum Gasteiger partial charge on any atom is -0.465 e. The fourth-order valence-corrected chi connectivity index (χ4v) is 0.577. The van der Waals surface area contributed by atoms with Crippen LogP contribution in [0.2, 0.25) is 0 Å². The number of hydrogen-bond acceptors (Lipinski definition) is 5. The molecular weight excluding hydrogens is 164 g/mol. The molecule has 0 fully saturated rings. The van der Waals surface area contributed by atoms with E-state index in [9.17, 15) is 9.59 Å². The van der Waals surface area contributed by atoms with Crippen LogP contribution in [0.3, 0.4) is 0 Å². The number of aliphatic hydroxyl groups excluding tert-OH is 2. The first-order valence-corrected chi connectivity index (χ1v) is 3.52. The number of carbonyl (C=O) groups excluding carboxylic acids is 2. The summed E-state index contributed by atoms with van der Waals surface area (Å²) in [5.74, 6) is -0.898. The fourth-order valence-electron chi connectivity index (χ4n) is 0.577. The molecule has 0 radical (unpaired) electrons. The monoisotopic (exact) mass is 176 g/mol. The molecule has 0 rings (SSSR count). The minimum atomic E-state index is -1.80. The lowest BCUT2D eigenvalue weighted by Crippen LogP contribution is -2.41. The maximum atomic E-state index is 11.0. The predicted molar refractivity (Wildman–Crippen MR) is 39.3 cm³/mol. The molecule has 2 N–H and O–H groups in total. The van der Waals surface area contributed by atoms with Gasteiger partial charge in [0.15, 0.2) is 5.41 Å². The Bertz CT molecular complexity index is 161. The topological polar surface area (TPSA) is 83.8 Å². The van der Waals surface area contributed by atoms with Gasteiger partial charge >= 0.3 is 5.97 Å². The van der Waals surface area contributed by atoms with E-state index in [-0.39, 0.29) is 12.9 Å². The van der Waals surface area contributed by atoms with Crippen LogP contribution >= 0.6 is 0 Å². The molecule has 5 nitrogen and oxygen atoms in total. The van der Waals surface area contributed by atoms with Crippen molar-refractivity contribution in [3.05, 3.63) is 0 Å². The molecule has 0 spiro atoms. The first kappa shape index (κ1) is 11.1. The highest BCUT2D eigenvalue weighted by Crippen LogP contribution is 2.14. The van der Waals surface area contributed by atoms with Crippen LogP contribution in [0, 0.1) is 5.41 Å². The zero-order chi connectivity index (χ0) is 9.61. The molecule has 0 saturated heterocycles. The highest BCUT2D eigenvalue weighted by Gasteiger charge is 2.38. The summed E-state index contributed by atoms with van der Waals surface area (Å²) in [6, 6.07) is 0. The van der Waals surface area contributed by atoms with Crippen LogP contribution in [0.25, 0.3) is 0 Å². The van der Waals surface area contributed by atoms with Crippen molar-refractivity contribution in [2.45, 2.75) is 6.92 Å². The Morgan fingerprint density at radius 2 is 2.00 bits per heavy atom. The van der Waals surface area contributed by atoms with Crippen LogP contribution in [-0.2, 0) is 14.3 Å². The molecule has 0 heterocycles. The molecule has 0 unspecified atom stereocenters. The van der Waals surface area contributed by atoms with E-state index in [1.807, 2.05) is 0 Å². The molecule has 0 aliphatic rings. The summed E-state index contributed by atoms with van der Waals surface area (Å²) >= 11 is 0. The summed E-state index contributed by atoms with van der Waals surface area (Å²) in [5, 5.41) is 17.4. The largest absolute Gasteiger partial charge is 0.465 e. The Morgan fingerprint density at radius 3 is 2.25 bits per heavy atom. The second-order valence-electron chi connectivity index (χ2n) is 2.31. The van der Waals surface area contributed by atoms with E-state index in [1.54, 1.807) is 6.92 Å². The quantitative estimate of drug-likeness (QED) is 0.309. The van der Waals surface area contributed by atoms with Crippen LogP contribution in [0.5, 0.6) is 0 Å². The Morgan fingerprint density at radius 1 is 1.50 bits per heavy atom. The van der Waals surface area contributed by atoms with Crippen LogP contribution in [0.1, 0.15) is 6.92 Å². The van der Waals surface area contributed by atoms with E-state index >= 15 is 0 Å². The highest BCUT2D eigenvalue weighted by molar-refractivity contribution is 5.93. The van der Waals surface area contributed by atoms with Crippen molar-refractivity contribution in [1.82, 2.24) is 0 Å². The molecule has 0 aromatic rings. The minimum absolute atomic E-state index is 0.106. The average Bonchev–Trinajstić information content (AvgIpc) is 2.09. The Kier molecular flexibility index (Phi) is 4.46. The maximum absolute atomic E-state index is 11.0. The second kappa shape index (κ2) is 4.84. The van der Waals surface area contributed by atoms with Crippen molar-refractivity contribution >= 4 is 12.3 Å². The molecule has 0 atom stereocenters. The molecular formula is C7H12O5. The van der Waals surface area contributed by atoms with E-state index in [2.05, 4.69) is 4.74 Å². The van der Waals surface area contributed by atoms with Crippen molar-refractivity contribution in [2.75, 3.05) is 19.8 Å².